The maximum absolute atomic E-state index is 12.5. The van der Waals surface area contributed by atoms with Gasteiger partial charge in [-0.25, -0.2) is 18.4 Å². The van der Waals surface area contributed by atoms with Crippen LogP contribution in [0.3, 0.4) is 0 Å². The molecule has 2 aromatic carbocycles. The highest BCUT2D eigenvalue weighted by atomic mass is 32.2. The van der Waals surface area contributed by atoms with Crippen molar-refractivity contribution < 1.29 is 35.9 Å². The maximum atomic E-state index is 12.5. The number of hydrogen-bond acceptors (Lipinski definition) is 5. The number of nitrogens with one attached hydrogen (secondary N) is 1. The van der Waals surface area contributed by atoms with E-state index in [1.165, 1.54) is 12.1 Å². The van der Waals surface area contributed by atoms with E-state index in [-0.39, 0.29) is 17.0 Å². The Morgan fingerprint density at radius 3 is 2.10 bits per heavy atom. The number of rotatable bonds is 7. The van der Waals surface area contributed by atoms with Crippen LogP contribution in [0.25, 0.3) is 0 Å². The number of carbonyl (C=O) groups is 2. The first kappa shape index (κ1) is 22.4. The first-order valence-electron chi connectivity index (χ1n) is 8.19. The topological polar surface area (TPSA) is 116 Å². The molecule has 7 nitrogen and oxygen atoms in total. The number of ether oxygens (including phenoxy) is 1. The van der Waals surface area contributed by atoms with Crippen molar-refractivity contribution in [3.8, 4) is 0 Å². The van der Waals surface area contributed by atoms with Gasteiger partial charge in [-0.05, 0) is 48.4 Å². The molecule has 2 aromatic rings. The fourth-order valence-corrected chi connectivity index (χ4v) is 2.77. The molecule has 156 valence electrons. The van der Waals surface area contributed by atoms with Crippen molar-refractivity contribution in [1.82, 2.24) is 5.32 Å². The van der Waals surface area contributed by atoms with Gasteiger partial charge in [-0.15, -0.1) is 0 Å². The normalized spacial score (nSPS) is 11.7. The maximum Gasteiger partial charge on any atom is 0.416 e. The monoisotopic (exact) mass is 430 g/mol. The summed E-state index contributed by atoms with van der Waals surface area (Å²) in [5.41, 5.74) is -0.260. The van der Waals surface area contributed by atoms with E-state index in [4.69, 9.17) is 9.88 Å². The van der Waals surface area contributed by atoms with Crippen LogP contribution in [-0.2, 0) is 32.2 Å². The van der Waals surface area contributed by atoms with Crippen LogP contribution in [0.15, 0.2) is 53.4 Å². The molecule has 0 bridgehead atoms. The Hall–Kier alpha value is -2.92. The Labute approximate surface area is 164 Å². The van der Waals surface area contributed by atoms with Gasteiger partial charge in [0.15, 0.2) is 6.61 Å². The van der Waals surface area contributed by atoms with Crippen LogP contribution >= 0.6 is 0 Å². The summed E-state index contributed by atoms with van der Waals surface area (Å²) in [6.07, 6.45) is -4.12. The largest absolute Gasteiger partial charge is 0.452 e. The molecule has 0 saturated heterocycles. The number of hydrogen-bond donors (Lipinski definition) is 2. The van der Waals surface area contributed by atoms with E-state index >= 15 is 0 Å². The third-order valence-electron chi connectivity index (χ3n) is 3.77. The molecule has 0 aromatic heterocycles. The molecular weight excluding hydrogens is 413 g/mol. The van der Waals surface area contributed by atoms with Gasteiger partial charge in [0, 0.05) is 6.54 Å². The lowest BCUT2D eigenvalue weighted by atomic mass is 10.1. The number of nitrogens with two attached hydrogens (primary N) is 1. The van der Waals surface area contributed by atoms with Gasteiger partial charge in [0.25, 0.3) is 5.91 Å². The Morgan fingerprint density at radius 2 is 1.59 bits per heavy atom. The fraction of sp³-hybridized carbons (Fsp3) is 0.222. The summed E-state index contributed by atoms with van der Waals surface area (Å²) in [4.78, 5) is 23.5. The predicted molar refractivity (Wildman–Crippen MR) is 96.3 cm³/mol. The standard InChI is InChI=1S/C18H17F3N2O5S/c19-18(20,21)14-5-3-13(4-6-14)17(25)28-11-16(24)23-10-9-12-1-7-15(8-2-12)29(22,26)27/h1-8H,9-11H2,(H,23,24)(H2,22,26,27). The highest BCUT2D eigenvalue weighted by Gasteiger charge is 2.30. The van der Waals surface area contributed by atoms with Crippen LogP contribution in [0.5, 0.6) is 0 Å². The summed E-state index contributed by atoms with van der Waals surface area (Å²) in [7, 11) is -3.78. The van der Waals surface area contributed by atoms with Crippen molar-refractivity contribution in [1.29, 1.82) is 0 Å². The van der Waals surface area contributed by atoms with Gasteiger partial charge < -0.3 is 10.1 Å². The number of alkyl halides is 3. The molecule has 0 aliphatic carbocycles. The summed E-state index contributed by atoms with van der Waals surface area (Å²) in [6.45, 7) is -0.393. The average molecular weight is 430 g/mol. The zero-order valence-corrected chi connectivity index (χ0v) is 15.7. The van der Waals surface area contributed by atoms with Crippen molar-refractivity contribution in [3.63, 3.8) is 0 Å². The highest BCUT2D eigenvalue weighted by Crippen LogP contribution is 2.29. The quantitative estimate of drug-likeness (QED) is 0.651. The summed E-state index contributed by atoms with van der Waals surface area (Å²) in [5.74, 6) is -1.51. The lowest BCUT2D eigenvalue weighted by Gasteiger charge is -2.09. The van der Waals surface area contributed by atoms with Crippen molar-refractivity contribution in [2.24, 2.45) is 5.14 Å². The molecule has 0 radical (unpaired) electrons. The minimum atomic E-state index is -4.51. The van der Waals surface area contributed by atoms with E-state index in [0.717, 1.165) is 29.8 Å². The van der Waals surface area contributed by atoms with Gasteiger partial charge in [0.2, 0.25) is 10.0 Å². The number of sulfonamides is 1. The second-order valence-electron chi connectivity index (χ2n) is 5.94. The molecular formula is C18H17F3N2O5S. The molecule has 0 aliphatic heterocycles. The van der Waals surface area contributed by atoms with E-state index in [1.54, 1.807) is 12.1 Å². The van der Waals surface area contributed by atoms with E-state index in [1.807, 2.05) is 0 Å². The minimum Gasteiger partial charge on any atom is -0.452 e. The van der Waals surface area contributed by atoms with Gasteiger partial charge >= 0.3 is 12.1 Å². The SMILES string of the molecule is NS(=O)(=O)c1ccc(CCNC(=O)COC(=O)c2ccc(C(F)(F)F)cc2)cc1. The molecule has 0 heterocycles. The molecule has 0 fully saturated rings. The first-order valence-corrected chi connectivity index (χ1v) is 9.74. The van der Waals surface area contributed by atoms with Crippen LogP contribution in [0.4, 0.5) is 13.2 Å². The van der Waals surface area contributed by atoms with Gasteiger partial charge in [0.05, 0.1) is 16.0 Å². The number of benzene rings is 2. The van der Waals surface area contributed by atoms with Crippen molar-refractivity contribution >= 4 is 21.9 Å². The summed E-state index contributed by atoms with van der Waals surface area (Å²) >= 11 is 0. The van der Waals surface area contributed by atoms with Crippen molar-refractivity contribution in [3.05, 3.63) is 65.2 Å². The second-order valence-corrected chi connectivity index (χ2v) is 7.50. The number of halogens is 3. The minimum absolute atomic E-state index is 0.0273. The molecule has 0 aliphatic rings. The van der Waals surface area contributed by atoms with Gasteiger partial charge in [-0.1, -0.05) is 12.1 Å². The van der Waals surface area contributed by atoms with Crippen LogP contribution in [0.1, 0.15) is 21.5 Å². The van der Waals surface area contributed by atoms with Gasteiger partial charge in [-0.2, -0.15) is 13.2 Å². The second kappa shape index (κ2) is 9.05. The summed E-state index contributed by atoms with van der Waals surface area (Å²) in [5, 5.41) is 7.50. The molecule has 3 N–H and O–H groups in total. The third-order valence-corrected chi connectivity index (χ3v) is 4.70. The predicted octanol–water partition coefficient (Wildman–Crippen LogP) is 1.87. The zero-order chi connectivity index (χ0) is 21.7. The fourth-order valence-electron chi connectivity index (χ4n) is 2.25. The third kappa shape index (κ3) is 6.88. The lowest BCUT2D eigenvalue weighted by molar-refractivity contribution is -0.137. The van der Waals surface area contributed by atoms with Crippen LogP contribution < -0.4 is 10.5 Å². The molecule has 0 unspecified atom stereocenters. The molecule has 11 heteroatoms. The van der Waals surface area contributed by atoms with Crippen LogP contribution in [0, 0.1) is 0 Å². The number of esters is 1. The van der Waals surface area contributed by atoms with E-state index in [9.17, 15) is 31.2 Å². The van der Waals surface area contributed by atoms with E-state index < -0.39 is 40.2 Å². The molecule has 2 rings (SSSR count). The number of primary sulfonamides is 1. The molecule has 29 heavy (non-hydrogen) atoms. The average Bonchev–Trinajstić information content (AvgIpc) is 2.65. The van der Waals surface area contributed by atoms with Crippen LogP contribution in [-0.4, -0.2) is 33.4 Å². The highest BCUT2D eigenvalue weighted by molar-refractivity contribution is 7.89. The Kier molecular flexibility index (Phi) is 6.98. The van der Waals surface area contributed by atoms with Gasteiger partial charge in [-0.3, -0.25) is 4.79 Å². The zero-order valence-electron chi connectivity index (χ0n) is 14.9. The molecule has 0 atom stereocenters. The van der Waals surface area contributed by atoms with E-state index in [2.05, 4.69) is 5.32 Å². The van der Waals surface area contributed by atoms with Crippen LogP contribution in [0.2, 0.25) is 0 Å². The number of amides is 1. The van der Waals surface area contributed by atoms with Crippen molar-refractivity contribution in [2.45, 2.75) is 17.5 Å². The lowest BCUT2D eigenvalue weighted by Crippen LogP contribution is -2.30. The molecule has 0 spiro atoms. The summed E-state index contributed by atoms with van der Waals surface area (Å²) < 4.78 is 64.6. The summed E-state index contributed by atoms with van der Waals surface area (Å²) in [6, 6.07) is 9.22. The van der Waals surface area contributed by atoms with Crippen molar-refractivity contribution in [2.75, 3.05) is 13.2 Å². The number of carbonyl (C=O) groups excluding carboxylic acids is 2. The van der Waals surface area contributed by atoms with E-state index in [0.29, 0.717) is 6.42 Å². The Morgan fingerprint density at radius 1 is 1.00 bits per heavy atom. The Balaban J connectivity index is 1.76. The first-order chi connectivity index (χ1) is 13.5. The molecule has 0 saturated carbocycles. The molecule has 1 amide bonds. The smallest absolute Gasteiger partial charge is 0.416 e. The van der Waals surface area contributed by atoms with Gasteiger partial charge in [0.1, 0.15) is 0 Å². The Bertz CT molecular complexity index is 972.